The number of carbonyl (C=O) groups is 2. The van der Waals surface area contributed by atoms with Crippen LogP contribution in [0.3, 0.4) is 0 Å². The highest BCUT2D eigenvalue weighted by molar-refractivity contribution is 5.94. The van der Waals surface area contributed by atoms with Crippen molar-refractivity contribution < 1.29 is 18.7 Å². The summed E-state index contributed by atoms with van der Waals surface area (Å²) in [5.41, 5.74) is 1.61. The summed E-state index contributed by atoms with van der Waals surface area (Å²) in [6, 6.07) is 2.51. The van der Waals surface area contributed by atoms with Gasteiger partial charge in [-0.2, -0.15) is 0 Å². The Morgan fingerprint density at radius 1 is 1.55 bits per heavy atom. The molecule has 7 heteroatoms. The molecule has 1 atom stereocenters. The van der Waals surface area contributed by atoms with Crippen molar-refractivity contribution in [3.63, 3.8) is 0 Å². The van der Waals surface area contributed by atoms with Crippen LogP contribution in [0.2, 0.25) is 0 Å². The molecule has 3 heterocycles. The first-order valence-electron chi connectivity index (χ1n) is 6.14. The summed E-state index contributed by atoms with van der Waals surface area (Å²) in [4.78, 5) is 32.9. The van der Waals surface area contributed by atoms with Gasteiger partial charge in [-0.25, -0.2) is 9.78 Å². The Labute approximate surface area is 114 Å². The number of aromatic nitrogens is 2. The van der Waals surface area contributed by atoms with E-state index in [4.69, 9.17) is 9.15 Å². The summed E-state index contributed by atoms with van der Waals surface area (Å²) in [7, 11) is 1.30. The molecule has 0 saturated heterocycles. The number of carbonyl (C=O) groups excluding carboxylic acids is 2. The number of nitrogens with zero attached hydrogens (tertiary/aromatic N) is 2. The topological polar surface area (TPSA) is 88.4 Å². The van der Waals surface area contributed by atoms with E-state index in [1.165, 1.54) is 18.3 Å². The van der Waals surface area contributed by atoms with Crippen LogP contribution in [0.25, 0.3) is 0 Å². The van der Waals surface area contributed by atoms with Crippen LogP contribution in [0.4, 0.5) is 0 Å². The fourth-order valence-electron chi connectivity index (χ4n) is 2.34. The number of hydrogen-bond donors (Lipinski definition) is 1. The lowest BCUT2D eigenvalue weighted by Crippen LogP contribution is -2.49. The van der Waals surface area contributed by atoms with Crippen LogP contribution >= 0.6 is 0 Å². The van der Waals surface area contributed by atoms with Gasteiger partial charge in [0.15, 0.2) is 5.76 Å². The minimum Gasteiger partial charge on any atom is -0.467 e. The van der Waals surface area contributed by atoms with Crippen molar-refractivity contribution in [3.05, 3.63) is 41.9 Å². The Balaban J connectivity index is 1.94. The quantitative estimate of drug-likeness (QED) is 0.817. The second-order valence-electron chi connectivity index (χ2n) is 4.48. The van der Waals surface area contributed by atoms with Gasteiger partial charge >= 0.3 is 5.97 Å². The highest BCUT2D eigenvalue weighted by Crippen LogP contribution is 2.23. The lowest BCUT2D eigenvalue weighted by atomic mass is 10.0. The van der Waals surface area contributed by atoms with Crippen molar-refractivity contribution in [2.24, 2.45) is 0 Å². The lowest BCUT2D eigenvalue weighted by molar-refractivity contribution is -0.146. The van der Waals surface area contributed by atoms with Crippen molar-refractivity contribution in [2.45, 2.75) is 19.0 Å². The third-order valence-corrected chi connectivity index (χ3v) is 3.36. The van der Waals surface area contributed by atoms with E-state index in [2.05, 4.69) is 9.97 Å². The zero-order valence-electron chi connectivity index (χ0n) is 10.8. The van der Waals surface area contributed by atoms with Gasteiger partial charge in [0, 0.05) is 6.42 Å². The first-order valence-corrected chi connectivity index (χ1v) is 6.14. The summed E-state index contributed by atoms with van der Waals surface area (Å²) in [5.74, 6) is -0.605. The van der Waals surface area contributed by atoms with Crippen LogP contribution in [-0.2, 0) is 22.5 Å². The van der Waals surface area contributed by atoms with Crippen molar-refractivity contribution in [2.75, 3.05) is 7.11 Å². The van der Waals surface area contributed by atoms with Crippen molar-refractivity contribution in [3.8, 4) is 0 Å². The van der Waals surface area contributed by atoms with E-state index in [1.807, 2.05) is 0 Å². The van der Waals surface area contributed by atoms with Gasteiger partial charge in [-0.1, -0.05) is 0 Å². The monoisotopic (exact) mass is 275 g/mol. The summed E-state index contributed by atoms with van der Waals surface area (Å²) >= 11 is 0. The molecule has 3 rings (SSSR count). The smallest absolute Gasteiger partial charge is 0.329 e. The maximum Gasteiger partial charge on any atom is 0.329 e. The highest BCUT2D eigenvalue weighted by atomic mass is 16.5. The van der Waals surface area contributed by atoms with Gasteiger partial charge in [0.05, 0.1) is 37.6 Å². The first kappa shape index (κ1) is 12.5. The van der Waals surface area contributed by atoms with Gasteiger partial charge in [0.2, 0.25) is 0 Å². The summed E-state index contributed by atoms with van der Waals surface area (Å²) in [6.45, 7) is 0.272. The second kappa shape index (κ2) is 4.84. The molecule has 0 unspecified atom stereocenters. The van der Waals surface area contributed by atoms with Gasteiger partial charge in [0.1, 0.15) is 6.04 Å². The van der Waals surface area contributed by atoms with Gasteiger partial charge in [-0.05, 0) is 12.1 Å². The fourth-order valence-corrected chi connectivity index (χ4v) is 2.34. The number of furan rings is 1. The standard InChI is InChI=1S/C13H13N3O4/c1-19-13(18)10-5-8-9(15-7-14-8)6-16(10)12(17)11-3-2-4-20-11/h2-4,7,10H,5-6H2,1H3,(H,14,15)/t10-/m0/s1. The van der Waals surface area contributed by atoms with Crippen LogP contribution in [-0.4, -0.2) is 39.9 Å². The van der Waals surface area contributed by atoms with E-state index in [9.17, 15) is 9.59 Å². The number of rotatable bonds is 2. The molecule has 2 aromatic rings. The number of nitrogens with one attached hydrogen (secondary N) is 1. The normalized spacial score (nSPS) is 17.6. The number of imidazole rings is 1. The molecule has 0 saturated carbocycles. The molecule has 1 aliphatic heterocycles. The van der Waals surface area contributed by atoms with E-state index in [-0.39, 0.29) is 18.2 Å². The number of amides is 1. The van der Waals surface area contributed by atoms with Crippen LogP contribution < -0.4 is 0 Å². The Bertz CT molecular complexity index is 632. The predicted molar refractivity (Wildman–Crippen MR) is 66.7 cm³/mol. The molecule has 2 aromatic heterocycles. The molecule has 0 aromatic carbocycles. The largest absolute Gasteiger partial charge is 0.467 e. The van der Waals surface area contributed by atoms with E-state index in [0.29, 0.717) is 6.42 Å². The average molecular weight is 275 g/mol. The van der Waals surface area contributed by atoms with Crippen LogP contribution in [0, 0.1) is 0 Å². The molecule has 0 fully saturated rings. The van der Waals surface area contributed by atoms with Gasteiger partial charge in [0.25, 0.3) is 5.91 Å². The Kier molecular flexibility index (Phi) is 3.02. The molecule has 0 bridgehead atoms. The maximum atomic E-state index is 12.4. The average Bonchev–Trinajstić information content (AvgIpc) is 3.14. The Hall–Kier alpha value is -2.57. The van der Waals surface area contributed by atoms with E-state index < -0.39 is 12.0 Å². The summed E-state index contributed by atoms with van der Waals surface area (Å²) in [5, 5.41) is 0. The number of hydrogen-bond acceptors (Lipinski definition) is 5. The minimum atomic E-state index is -0.687. The van der Waals surface area contributed by atoms with Crippen LogP contribution in [0.5, 0.6) is 0 Å². The van der Waals surface area contributed by atoms with Gasteiger partial charge in [-0.15, -0.1) is 0 Å². The fraction of sp³-hybridized carbons (Fsp3) is 0.308. The molecule has 0 radical (unpaired) electrons. The first-order chi connectivity index (χ1) is 9.70. The lowest BCUT2D eigenvalue weighted by Gasteiger charge is -2.32. The minimum absolute atomic E-state index is 0.196. The van der Waals surface area contributed by atoms with Crippen molar-refractivity contribution in [1.82, 2.24) is 14.9 Å². The Morgan fingerprint density at radius 3 is 3.10 bits per heavy atom. The number of aromatic amines is 1. The van der Waals surface area contributed by atoms with Crippen LogP contribution in [0.1, 0.15) is 21.9 Å². The van der Waals surface area contributed by atoms with Crippen LogP contribution in [0.15, 0.2) is 29.1 Å². The molecular weight excluding hydrogens is 262 g/mol. The van der Waals surface area contributed by atoms with Crippen molar-refractivity contribution in [1.29, 1.82) is 0 Å². The third-order valence-electron chi connectivity index (χ3n) is 3.36. The van der Waals surface area contributed by atoms with E-state index >= 15 is 0 Å². The molecule has 0 spiro atoms. The third kappa shape index (κ3) is 1.97. The molecule has 1 N–H and O–H groups in total. The van der Waals surface area contributed by atoms with Crippen molar-refractivity contribution >= 4 is 11.9 Å². The zero-order chi connectivity index (χ0) is 14.1. The molecule has 1 amide bonds. The maximum absolute atomic E-state index is 12.4. The summed E-state index contributed by atoms with van der Waals surface area (Å²) < 4.78 is 9.89. The van der Waals surface area contributed by atoms with Gasteiger partial charge < -0.3 is 19.0 Å². The van der Waals surface area contributed by atoms with E-state index in [0.717, 1.165) is 11.4 Å². The zero-order valence-corrected chi connectivity index (χ0v) is 10.8. The molecule has 7 nitrogen and oxygen atoms in total. The molecule has 104 valence electrons. The molecule has 1 aliphatic rings. The van der Waals surface area contributed by atoms with Gasteiger partial charge in [-0.3, -0.25) is 4.79 Å². The predicted octanol–water partition coefficient (Wildman–Crippen LogP) is 0.743. The second-order valence-corrected chi connectivity index (χ2v) is 4.48. The summed E-state index contributed by atoms with van der Waals surface area (Å²) in [6.07, 6.45) is 3.31. The molecular formula is C13H13N3O4. The molecule has 0 aliphatic carbocycles. The number of H-pyrrole nitrogens is 1. The molecule has 20 heavy (non-hydrogen) atoms. The van der Waals surface area contributed by atoms with E-state index in [1.54, 1.807) is 18.5 Å². The highest BCUT2D eigenvalue weighted by Gasteiger charge is 2.37. The number of esters is 1. The Morgan fingerprint density at radius 2 is 2.40 bits per heavy atom. The number of fused-ring (bicyclic) bond motifs is 1. The SMILES string of the molecule is COC(=O)[C@@H]1Cc2nc[nH]c2CN1C(=O)c1ccco1. The number of methoxy groups -OCH3 is 1. The number of ether oxygens (including phenoxy) is 1.